The van der Waals surface area contributed by atoms with E-state index >= 15 is 0 Å². The zero-order chi connectivity index (χ0) is 14.5. The predicted octanol–water partition coefficient (Wildman–Crippen LogP) is 1.86. The van der Waals surface area contributed by atoms with E-state index in [1.807, 2.05) is 7.05 Å². The van der Waals surface area contributed by atoms with Gasteiger partial charge in [-0.2, -0.15) is 0 Å². The Balaban J connectivity index is 1.95. The van der Waals surface area contributed by atoms with E-state index in [0.29, 0.717) is 11.6 Å². The van der Waals surface area contributed by atoms with Gasteiger partial charge < -0.3 is 10.6 Å². The molecule has 6 heteroatoms. The fraction of sp³-hybridized carbons (Fsp3) is 0.500. The summed E-state index contributed by atoms with van der Waals surface area (Å²) >= 11 is 0. The molecule has 0 bridgehead atoms. The summed E-state index contributed by atoms with van der Waals surface area (Å²) < 4.78 is 0. The summed E-state index contributed by atoms with van der Waals surface area (Å²) in [4.78, 5) is 22.3. The minimum Gasteiger partial charge on any atom is -0.349 e. The Morgan fingerprint density at radius 2 is 1.90 bits per heavy atom. The van der Waals surface area contributed by atoms with Gasteiger partial charge in [0.1, 0.15) is 0 Å². The number of nitrogens with one attached hydrogen (secondary N) is 2. The van der Waals surface area contributed by atoms with E-state index < -0.39 is 4.92 Å². The third kappa shape index (κ3) is 3.54. The van der Waals surface area contributed by atoms with Crippen LogP contribution >= 0.6 is 0 Å². The fourth-order valence-electron chi connectivity index (χ4n) is 2.56. The van der Waals surface area contributed by atoms with Crippen molar-refractivity contribution in [3.8, 4) is 0 Å². The lowest BCUT2D eigenvalue weighted by atomic mass is 9.91. The first-order valence-electron chi connectivity index (χ1n) is 6.82. The van der Waals surface area contributed by atoms with E-state index in [1.54, 1.807) is 6.07 Å². The second kappa shape index (κ2) is 6.47. The first-order valence-corrected chi connectivity index (χ1v) is 6.82. The van der Waals surface area contributed by atoms with Crippen molar-refractivity contribution in [2.75, 3.05) is 7.05 Å². The van der Waals surface area contributed by atoms with Gasteiger partial charge in [0.15, 0.2) is 0 Å². The van der Waals surface area contributed by atoms with Gasteiger partial charge in [-0.3, -0.25) is 14.9 Å². The Bertz CT molecular complexity index is 496. The minimum atomic E-state index is -0.491. The maximum atomic E-state index is 12.1. The number of nitro groups is 1. The zero-order valence-electron chi connectivity index (χ0n) is 11.5. The van der Waals surface area contributed by atoms with Crippen LogP contribution in [0, 0.1) is 10.1 Å². The molecule has 2 N–H and O–H groups in total. The topological polar surface area (TPSA) is 84.3 Å². The van der Waals surface area contributed by atoms with E-state index in [1.165, 1.54) is 18.2 Å². The molecular formula is C14H19N3O3. The molecule has 1 aliphatic rings. The number of nitro benzene ring substituents is 1. The van der Waals surface area contributed by atoms with E-state index in [-0.39, 0.29) is 17.6 Å². The minimum absolute atomic E-state index is 0.0588. The molecule has 0 saturated heterocycles. The maximum Gasteiger partial charge on any atom is 0.270 e. The van der Waals surface area contributed by atoms with Crippen molar-refractivity contribution < 1.29 is 9.72 Å². The number of hydrogen-bond acceptors (Lipinski definition) is 4. The van der Waals surface area contributed by atoms with E-state index in [2.05, 4.69) is 10.6 Å². The molecule has 0 aliphatic heterocycles. The highest BCUT2D eigenvalue weighted by molar-refractivity contribution is 5.95. The Hall–Kier alpha value is -1.95. The first-order chi connectivity index (χ1) is 9.60. The average Bonchev–Trinajstić information content (AvgIpc) is 2.48. The number of nitrogens with zero attached hydrogens (tertiary/aromatic N) is 1. The first kappa shape index (κ1) is 14.5. The third-order valence-corrected chi connectivity index (χ3v) is 3.79. The van der Waals surface area contributed by atoms with Gasteiger partial charge in [-0.1, -0.05) is 6.07 Å². The Morgan fingerprint density at radius 3 is 2.50 bits per heavy atom. The molecule has 1 aliphatic carbocycles. The summed E-state index contributed by atoms with van der Waals surface area (Å²) in [5.41, 5.74) is 0.284. The second-order valence-corrected chi connectivity index (χ2v) is 5.12. The van der Waals surface area contributed by atoms with Gasteiger partial charge in [0, 0.05) is 29.8 Å². The van der Waals surface area contributed by atoms with Crippen molar-refractivity contribution in [3.05, 3.63) is 39.9 Å². The molecule has 1 fully saturated rings. The largest absolute Gasteiger partial charge is 0.349 e. The summed E-state index contributed by atoms with van der Waals surface area (Å²) in [7, 11) is 1.95. The molecule has 1 aromatic carbocycles. The number of rotatable bonds is 4. The van der Waals surface area contributed by atoms with Crippen LogP contribution in [0.4, 0.5) is 5.69 Å². The van der Waals surface area contributed by atoms with Gasteiger partial charge >= 0.3 is 0 Å². The molecule has 1 aromatic rings. The Labute approximate surface area is 117 Å². The molecule has 108 valence electrons. The van der Waals surface area contributed by atoms with Crippen LogP contribution in [0.1, 0.15) is 36.0 Å². The van der Waals surface area contributed by atoms with Crippen molar-refractivity contribution in [1.82, 2.24) is 10.6 Å². The van der Waals surface area contributed by atoms with Crippen LogP contribution in [0.3, 0.4) is 0 Å². The molecule has 0 heterocycles. The number of carbonyl (C=O) groups is 1. The van der Waals surface area contributed by atoms with Crippen LogP contribution < -0.4 is 10.6 Å². The van der Waals surface area contributed by atoms with E-state index in [9.17, 15) is 14.9 Å². The van der Waals surface area contributed by atoms with Gasteiger partial charge in [0.2, 0.25) is 0 Å². The SMILES string of the molecule is CNC1CCC(NC(=O)c2cccc([N+](=O)[O-])c2)CC1. The van der Waals surface area contributed by atoms with Crippen molar-refractivity contribution in [1.29, 1.82) is 0 Å². The van der Waals surface area contributed by atoms with Crippen LogP contribution in [-0.2, 0) is 0 Å². The number of non-ortho nitro benzene ring substituents is 1. The normalized spacial score (nSPS) is 22.2. The lowest BCUT2D eigenvalue weighted by molar-refractivity contribution is -0.384. The monoisotopic (exact) mass is 277 g/mol. The van der Waals surface area contributed by atoms with Gasteiger partial charge in [0.25, 0.3) is 11.6 Å². The lowest BCUT2D eigenvalue weighted by Crippen LogP contribution is -2.41. The van der Waals surface area contributed by atoms with Crippen molar-refractivity contribution in [2.45, 2.75) is 37.8 Å². The van der Waals surface area contributed by atoms with E-state index in [4.69, 9.17) is 0 Å². The number of amides is 1. The quantitative estimate of drug-likeness (QED) is 0.650. The highest BCUT2D eigenvalue weighted by Gasteiger charge is 2.22. The summed E-state index contributed by atoms with van der Waals surface area (Å²) in [5.74, 6) is -0.235. The molecule has 0 radical (unpaired) electrons. The summed E-state index contributed by atoms with van der Waals surface area (Å²) in [6.45, 7) is 0. The molecule has 0 atom stereocenters. The van der Waals surface area contributed by atoms with Crippen LogP contribution in [-0.4, -0.2) is 30.0 Å². The second-order valence-electron chi connectivity index (χ2n) is 5.12. The summed E-state index contributed by atoms with van der Waals surface area (Å²) in [6, 6.07) is 6.52. The van der Waals surface area contributed by atoms with Crippen LogP contribution in [0.15, 0.2) is 24.3 Å². The highest BCUT2D eigenvalue weighted by atomic mass is 16.6. The Morgan fingerprint density at radius 1 is 1.25 bits per heavy atom. The molecule has 1 saturated carbocycles. The van der Waals surface area contributed by atoms with Gasteiger partial charge in [-0.15, -0.1) is 0 Å². The molecular weight excluding hydrogens is 258 g/mol. The van der Waals surface area contributed by atoms with Crippen LogP contribution in [0.2, 0.25) is 0 Å². The molecule has 0 aromatic heterocycles. The fourth-order valence-corrected chi connectivity index (χ4v) is 2.56. The number of hydrogen-bond donors (Lipinski definition) is 2. The van der Waals surface area contributed by atoms with Gasteiger partial charge in [0.05, 0.1) is 4.92 Å². The number of benzene rings is 1. The molecule has 0 unspecified atom stereocenters. The zero-order valence-corrected chi connectivity index (χ0v) is 11.5. The molecule has 0 spiro atoms. The van der Waals surface area contributed by atoms with Crippen molar-refractivity contribution in [2.24, 2.45) is 0 Å². The smallest absolute Gasteiger partial charge is 0.270 e. The van der Waals surface area contributed by atoms with Gasteiger partial charge in [-0.05, 0) is 38.8 Å². The van der Waals surface area contributed by atoms with Crippen molar-refractivity contribution in [3.63, 3.8) is 0 Å². The average molecular weight is 277 g/mol. The van der Waals surface area contributed by atoms with Crippen LogP contribution in [0.25, 0.3) is 0 Å². The maximum absolute atomic E-state index is 12.1. The molecule has 2 rings (SSSR count). The summed E-state index contributed by atoms with van der Waals surface area (Å²) in [5, 5.41) is 16.9. The third-order valence-electron chi connectivity index (χ3n) is 3.79. The van der Waals surface area contributed by atoms with E-state index in [0.717, 1.165) is 25.7 Å². The number of carbonyl (C=O) groups excluding carboxylic acids is 1. The highest BCUT2D eigenvalue weighted by Crippen LogP contribution is 2.19. The van der Waals surface area contributed by atoms with Crippen molar-refractivity contribution >= 4 is 11.6 Å². The van der Waals surface area contributed by atoms with Gasteiger partial charge in [-0.25, -0.2) is 0 Å². The Kier molecular flexibility index (Phi) is 4.68. The summed E-state index contributed by atoms with van der Waals surface area (Å²) in [6.07, 6.45) is 3.95. The predicted molar refractivity (Wildman–Crippen MR) is 75.7 cm³/mol. The van der Waals surface area contributed by atoms with Crippen LogP contribution in [0.5, 0.6) is 0 Å². The molecule has 6 nitrogen and oxygen atoms in total. The lowest BCUT2D eigenvalue weighted by Gasteiger charge is -2.28. The molecule has 20 heavy (non-hydrogen) atoms. The standard InChI is InChI=1S/C14H19N3O3/c1-15-11-5-7-12(8-6-11)16-14(18)10-3-2-4-13(9-10)17(19)20/h2-4,9,11-12,15H,5-8H2,1H3,(H,16,18). The molecule has 1 amide bonds.